The molecule has 0 fully saturated rings. The third-order valence-corrected chi connectivity index (χ3v) is 3.06. The second-order valence-electron chi connectivity index (χ2n) is 5.19. The van der Waals surface area contributed by atoms with Gasteiger partial charge in [0.15, 0.2) is 5.82 Å². The van der Waals surface area contributed by atoms with E-state index in [4.69, 9.17) is 0 Å². The van der Waals surface area contributed by atoms with Gasteiger partial charge in [-0.2, -0.15) is 0 Å². The van der Waals surface area contributed by atoms with Gasteiger partial charge in [0, 0.05) is 28.4 Å². The molecule has 0 amide bonds. The standard InChI is InChI=1S/C13H17BrN4/c1-13(2,3)17-8-9-7-16-12(18-9)11-10(14)5-4-6-15-11/h4-7,17H,8H2,1-3H3,(H,16,18). The smallest absolute Gasteiger partial charge is 0.157 e. The van der Waals surface area contributed by atoms with Crippen LogP contribution in [0.4, 0.5) is 0 Å². The number of hydrogen-bond acceptors (Lipinski definition) is 3. The lowest BCUT2D eigenvalue weighted by Crippen LogP contribution is -2.35. The largest absolute Gasteiger partial charge is 0.339 e. The molecule has 0 unspecified atom stereocenters. The molecule has 2 rings (SSSR count). The summed E-state index contributed by atoms with van der Waals surface area (Å²) in [7, 11) is 0. The molecule has 0 spiro atoms. The first kappa shape index (κ1) is 13.2. The van der Waals surface area contributed by atoms with E-state index < -0.39 is 0 Å². The second-order valence-corrected chi connectivity index (χ2v) is 6.05. The van der Waals surface area contributed by atoms with Gasteiger partial charge in [0.1, 0.15) is 5.69 Å². The van der Waals surface area contributed by atoms with Gasteiger partial charge in [-0.25, -0.2) is 4.98 Å². The van der Waals surface area contributed by atoms with Crippen molar-refractivity contribution in [2.75, 3.05) is 0 Å². The van der Waals surface area contributed by atoms with Gasteiger partial charge >= 0.3 is 0 Å². The zero-order valence-electron chi connectivity index (χ0n) is 10.8. The van der Waals surface area contributed by atoms with E-state index in [9.17, 15) is 0 Å². The second kappa shape index (κ2) is 5.20. The van der Waals surface area contributed by atoms with Crippen molar-refractivity contribution < 1.29 is 0 Å². The molecule has 2 heterocycles. The highest BCUT2D eigenvalue weighted by molar-refractivity contribution is 9.10. The fourth-order valence-electron chi connectivity index (χ4n) is 1.49. The molecule has 0 saturated carbocycles. The topological polar surface area (TPSA) is 53.6 Å². The van der Waals surface area contributed by atoms with Gasteiger partial charge in [0.25, 0.3) is 0 Å². The van der Waals surface area contributed by atoms with Crippen molar-refractivity contribution in [2.45, 2.75) is 32.9 Å². The summed E-state index contributed by atoms with van der Waals surface area (Å²) in [5.74, 6) is 0.785. The minimum absolute atomic E-state index is 0.0941. The van der Waals surface area contributed by atoms with Gasteiger partial charge in [0.05, 0.1) is 6.20 Å². The van der Waals surface area contributed by atoms with E-state index in [1.54, 1.807) is 6.20 Å². The summed E-state index contributed by atoms with van der Waals surface area (Å²) in [5, 5.41) is 3.41. The summed E-state index contributed by atoms with van der Waals surface area (Å²) < 4.78 is 0.940. The summed E-state index contributed by atoms with van der Waals surface area (Å²) >= 11 is 3.47. The maximum atomic E-state index is 4.36. The van der Waals surface area contributed by atoms with Crippen LogP contribution in [0.5, 0.6) is 0 Å². The van der Waals surface area contributed by atoms with E-state index in [2.05, 4.69) is 57.0 Å². The number of halogens is 1. The fourth-order valence-corrected chi connectivity index (χ4v) is 1.93. The normalized spacial score (nSPS) is 11.8. The number of H-pyrrole nitrogens is 1. The third-order valence-electron chi connectivity index (χ3n) is 2.42. The van der Waals surface area contributed by atoms with Crippen LogP contribution >= 0.6 is 15.9 Å². The summed E-state index contributed by atoms with van der Waals surface area (Å²) in [6.45, 7) is 7.18. The molecule has 0 saturated heterocycles. The first-order chi connectivity index (χ1) is 8.46. The molecule has 18 heavy (non-hydrogen) atoms. The SMILES string of the molecule is CC(C)(C)NCc1cnc(-c2ncccc2Br)[nH]1. The first-order valence-electron chi connectivity index (χ1n) is 5.85. The molecule has 0 aliphatic carbocycles. The molecule has 0 bridgehead atoms. The quantitative estimate of drug-likeness (QED) is 0.916. The van der Waals surface area contributed by atoms with Crippen molar-refractivity contribution in [1.82, 2.24) is 20.3 Å². The Bertz CT molecular complexity index is 528. The van der Waals surface area contributed by atoms with E-state index in [1.807, 2.05) is 18.3 Å². The average Bonchev–Trinajstić information content (AvgIpc) is 2.75. The lowest BCUT2D eigenvalue weighted by atomic mass is 10.1. The Morgan fingerprint density at radius 1 is 1.33 bits per heavy atom. The molecule has 5 heteroatoms. The fraction of sp³-hybridized carbons (Fsp3) is 0.385. The van der Waals surface area contributed by atoms with Crippen LogP contribution in [0.2, 0.25) is 0 Å². The maximum absolute atomic E-state index is 4.36. The molecular formula is C13H17BrN4. The summed E-state index contributed by atoms with van der Waals surface area (Å²) in [5.41, 5.74) is 1.98. The Balaban J connectivity index is 2.14. The number of rotatable bonds is 3. The highest BCUT2D eigenvalue weighted by atomic mass is 79.9. The van der Waals surface area contributed by atoms with Crippen LogP contribution in [-0.4, -0.2) is 20.5 Å². The predicted molar refractivity (Wildman–Crippen MR) is 76.1 cm³/mol. The minimum Gasteiger partial charge on any atom is -0.339 e. The van der Waals surface area contributed by atoms with Gasteiger partial charge in [-0.05, 0) is 48.8 Å². The van der Waals surface area contributed by atoms with Crippen LogP contribution in [0.15, 0.2) is 29.0 Å². The van der Waals surface area contributed by atoms with E-state index in [0.29, 0.717) is 0 Å². The molecule has 0 aromatic carbocycles. The predicted octanol–water partition coefficient (Wildman–Crippen LogP) is 3.12. The van der Waals surface area contributed by atoms with Gasteiger partial charge in [-0.1, -0.05) is 0 Å². The molecule has 2 N–H and O–H groups in total. The molecule has 0 aliphatic rings. The van der Waals surface area contributed by atoms with E-state index in [0.717, 1.165) is 28.2 Å². The zero-order chi connectivity index (χ0) is 13.2. The van der Waals surface area contributed by atoms with E-state index in [1.165, 1.54) is 0 Å². The molecule has 96 valence electrons. The average molecular weight is 309 g/mol. The summed E-state index contributed by atoms with van der Waals surface area (Å²) in [4.78, 5) is 11.9. The van der Waals surface area contributed by atoms with Crippen molar-refractivity contribution in [3.8, 4) is 11.5 Å². The van der Waals surface area contributed by atoms with Crippen LogP contribution in [0.25, 0.3) is 11.5 Å². The lowest BCUT2D eigenvalue weighted by Gasteiger charge is -2.19. The van der Waals surface area contributed by atoms with Crippen molar-refractivity contribution in [3.05, 3.63) is 34.7 Å². The summed E-state index contributed by atoms with van der Waals surface area (Å²) in [6.07, 6.45) is 3.60. The summed E-state index contributed by atoms with van der Waals surface area (Å²) in [6, 6.07) is 3.84. The van der Waals surface area contributed by atoms with Crippen LogP contribution < -0.4 is 5.32 Å². The van der Waals surface area contributed by atoms with Gasteiger partial charge in [-0.3, -0.25) is 4.98 Å². The number of imidazole rings is 1. The van der Waals surface area contributed by atoms with E-state index in [-0.39, 0.29) is 5.54 Å². The zero-order valence-corrected chi connectivity index (χ0v) is 12.4. The van der Waals surface area contributed by atoms with Crippen LogP contribution in [0, 0.1) is 0 Å². The number of pyridine rings is 1. The number of nitrogens with zero attached hydrogens (tertiary/aromatic N) is 2. The molecule has 2 aromatic rings. The van der Waals surface area contributed by atoms with Crippen molar-refractivity contribution in [3.63, 3.8) is 0 Å². The van der Waals surface area contributed by atoms with Gasteiger partial charge in [0.2, 0.25) is 0 Å². The van der Waals surface area contributed by atoms with E-state index >= 15 is 0 Å². The van der Waals surface area contributed by atoms with Crippen LogP contribution in [0.3, 0.4) is 0 Å². The van der Waals surface area contributed by atoms with Crippen molar-refractivity contribution >= 4 is 15.9 Å². The Hall–Kier alpha value is -1.20. The highest BCUT2D eigenvalue weighted by Crippen LogP contribution is 2.22. The first-order valence-corrected chi connectivity index (χ1v) is 6.65. The Labute approximate surface area is 115 Å². The third kappa shape index (κ3) is 3.40. The highest BCUT2D eigenvalue weighted by Gasteiger charge is 2.11. The number of aromatic nitrogens is 3. The Morgan fingerprint density at radius 3 is 2.78 bits per heavy atom. The Kier molecular flexibility index (Phi) is 3.82. The Morgan fingerprint density at radius 2 is 2.11 bits per heavy atom. The molecule has 0 radical (unpaired) electrons. The number of aromatic amines is 1. The minimum atomic E-state index is 0.0941. The van der Waals surface area contributed by atoms with Gasteiger partial charge in [-0.15, -0.1) is 0 Å². The monoisotopic (exact) mass is 308 g/mol. The number of hydrogen-bond donors (Lipinski definition) is 2. The number of nitrogens with one attached hydrogen (secondary N) is 2. The molecule has 0 atom stereocenters. The van der Waals surface area contributed by atoms with Crippen molar-refractivity contribution in [1.29, 1.82) is 0 Å². The maximum Gasteiger partial charge on any atom is 0.157 e. The lowest BCUT2D eigenvalue weighted by molar-refractivity contribution is 0.422. The molecule has 2 aromatic heterocycles. The van der Waals surface area contributed by atoms with Crippen LogP contribution in [-0.2, 0) is 6.54 Å². The van der Waals surface area contributed by atoms with Crippen molar-refractivity contribution in [2.24, 2.45) is 0 Å². The molecule has 0 aliphatic heterocycles. The van der Waals surface area contributed by atoms with Crippen LogP contribution in [0.1, 0.15) is 26.5 Å². The molecule has 4 nitrogen and oxygen atoms in total. The van der Waals surface area contributed by atoms with Gasteiger partial charge < -0.3 is 10.3 Å². The molecular weight excluding hydrogens is 292 g/mol.